The van der Waals surface area contributed by atoms with E-state index in [1.54, 1.807) is 12.1 Å². The van der Waals surface area contributed by atoms with Crippen LogP contribution in [0, 0.1) is 11.3 Å². The van der Waals surface area contributed by atoms with Crippen LogP contribution < -0.4 is 10.5 Å². The zero-order valence-electron chi connectivity index (χ0n) is 9.61. The van der Waals surface area contributed by atoms with E-state index in [0.717, 1.165) is 12.4 Å². The molecule has 8 heteroatoms. The second-order valence-corrected chi connectivity index (χ2v) is 5.22. The Morgan fingerprint density at radius 1 is 1.21 bits per heavy atom. The lowest BCUT2D eigenvalue weighted by atomic mass is 10.2. The Morgan fingerprint density at radius 3 is 2.47 bits per heavy atom. The van der Waals surface area contributed by atoms with Crippen molar-refractivity contribution in [3.05, 3.63) is 42.2 Å². The van der Waals surface area contributed by atoms with Crippen LogP contribution in [0.4, 0.5) is 11.6 Å². The number of nitrogens with one attached hydrogen (secondary N) is 1. The number of hydrogen-bond acceptors (Lipinski definition) is 6. The predicted molar refractivity (Wildman–Crippen MR) is 68.4 cm³/mol. The van der Waals surface area contributed by atoms with Crippen molar-refractivity contribution in [3.63, 3.8) is 0 Å². The minimum Gasteiger partial charge on any atom is -0.368 e. The van der Waals surface area contributed by atoms with Gasteiger partial charge in [0.2, 0.25) is 5.95 Å². The maximum absolute atomic E-state index is 12.0. The van der Waals surface area contributed by atoms with Crippen molar-refractivity contribution in [2.24, 2.45) is 0 Å². The number of nitriles is 1. The second-order valence-electron chi connectivity index (χ2n) is 3.54. The monoisotopic (exact) mass is 275 g/mol. The molecule has 0 fully saturated rings. The SMILES string of the molecule is N#Cc1ccccc1NS(=O)(=O)c1cnc(N)nc1. The molecule has 0 aliphatic heterocycles. The number of hydrogen-bond donors (Lipinski definition) is 2. The number of nitrogens with two attached hydrogens (primary N) is 1. The van der Waals surface area contributed by atoms with Gasteiger partial charge in [-0.05, 0) is 12.1 Å². The quantitative estimate of drug-likeness (QED) is 0.851. The lowest BCUT2D eigenvalue weighted by molar-refractivity contribution is 0.600. The molecule has 2 aromatic rings. The van der Waals surface area contributed by atoms with Gasteiger partial charge in [0.25, 0.3) is 10.0 Å². The van der Waals surface area contributed by atoms with E-state index >= 15 is 0 Å². The van der Waals surface area contributed by atoms with Gasteiger partial charge in [-0.15, -0.1) is 0 Å². The largest absolute Gasteiger partial charge is 0.368 e. The van der Waals surface area contributed by atoms with Crippen LogP contribution in [0.3, 0.4) is 0 Å². The van der Waals surface area contributed by atoms with Crippen LogP contribution in [0.15, 0.2) is 41.6 Å². The highest BCUT2D eigenvalue weighted by atomic mass is 32.2. The van der Waals surface area contributed by atoms with Crippen molar-refractivity contribution < 1.29 is 8.42 Å². The Kier molecular flexibility index (Phi) is 3.31. The summed E-state index contributed by atoms with van der Waals surface area (Å²) >= 11 is 0. The van der Waals surface area contributed by atoms with Crippen molar-refractivity contribution in [2.75, 3.05) is 10.5 Å². The van der Waals surface area contributed by atoms with Gasteiger partial charge in [0.05, 0.1) is 23.6 Å². The summed E-state index contributed by atoms with van der Waals surface area (Å²) in [5.74, 6) is -0.0172. The van der Waals surface area contributed by atoms with E-state index in [2.05, 4.69) is 14.7 Å². The molecule has 0 saturated carbocycles. The lowest BCUT2D eigenvalue weighted by Crippen LogP contribution is -2.14. The third-order valence-corrected chi connectivity index (χ3v) is 3.57. The first-order chi connectivity index (χ1) is 9.03. The molecular weight excluding hydrogens is 266 g/mol. The molecular formula is C11H9N5O2S. The first kappa shape index (κ1) is 12.8. The van der Waals surface area contributed by atoms with E-state index in [1.807, 2.05) is 6.07 Å². The van der Waals surface area contributed by atoms with E-state index in [0.29, 0.717) is 0 Å². The molecule has 0 spiro atoms. The van der Waals surface area contributed by atoms with Crippen molar-refractivity contribution in [1.82, 2.24) is 9.97 Å². The van der Waals surface area contributed by atoms with Gasteiger partial charge in [-0.3, -0.25) is 4.72 Å². The third kappa shape index (κ3) is 2.78. The van der Waals surface area contributed by atoms with Crippen molar-refractivity contribution in [2.45, 2.75) is 4.90 Å². The summed E-state index contributed by atoms with van der Waals surface area (Å²) in [5, 5.41) is 8.90. The van der Waals surface area contributed by atoms with Gasteiger partial charge in [0, 0.05) is 0 Å². The van der Waals surface area contributed by atoms with Gasteiger partial charge in [0.15, 0.2) is 0 Å². The fraction of sp³-hybridized carbons (Fsp3) is 0. The Morgan fingerprint density at radius 2 is 1.84 bits per heavy atom. The molecule has 0 saturated heterocycles. The smallest absolute Gasteiger partial charge is 0.265 e. The molecule has 0 amide bonds. The van der Waals surface area contributed by atoms with Gasteiger partial charge in [0.1, 0.15) is 11.0 Å². The predicted octanol–water partition coefficient (Wildman–Crippen LogP) is 0.731. The third-order valence-electron chi connectivity index (χ3n) is 2.25. The van der Waals surface area contributed by atoms with Crippen LogP contribution in [0.2, 0.25) is 0 Å². The molecule has 1 aromatic carbocycles. The molecule has 0 atom stereocenters. The zero-order chi connectivity index (χ0) is 13.9. The summed E-state index contributed by atoms with van der Waals surface area (Å²) in [6.45, 7) is 0. The number of aromatic nitrogens is 2. The number of nitrogen functional groups attached to an aromatic ring is 1. The molecule has 19 heavy (non-hydrogen) atoms. The number of para-hydroxylation sites is 1. The van der Waals surface area contributed by atoms with Crippen LogP contribution in [-0.2, 0) is 10.0 Å². The Hall–Kier alpha value is -2.66. The number of nitrogens with zero attached hydrogens (tertiary/aromatic N) is 3. The molecule has 2 rings (SSSR count). The van der Waals surface area contributed by atoms with Gasteiger partial charge in [-0.1, -0.05) is 12.1 Å². The lowest BCUT2D eigenvalue weighted by Gasteiger charge is -2.08. The first-order valence-electron chi connectivity index (χ1n) is 5.12. The molecule has 0 aliphatic rings. The minimum absolute atomic E-state index is 0.0172. The Labute approximate surface area is 109 Å². The highest BCUT2D eigenvalue weighted by Gasteiger charge is 2.16. The number of anilines is 2. The zero-order valence-corrected chi connectivity index (χ0v) is 10.4. The maximum Gasteiger partial charge on any atom is 0.265 e. The summed E-state index contributed by atoms with van der Waals surface area (Å²) in [6.07, 6.45) is 2.19. The van der Waals surface area contributed by atoms with Gasteiger partial charge in [-0.25, -0.2) is 18.4 Å². The molecule has 3 N–H and O–H groups in total. The van der Waals surface area contributed by atoms with Crippen LogP contribution in [0.1, 0.15) is 5.56 Å². The van der Waals surface area contributed by atoms with E-state index in [-0.39, 0.29) is 22.1 Å². The van der Waals surface area contributed by atoms with E-state index < -0.39 is 10.0 Å². The molecule has 0 bridgehead atoms. The number of benzene rings is 1. The average Bonchev–Trinajstić information content (AvgIpc) is 2.39. The van der Waals surface area contributed by atoms with Crippen LogP contribution >= 0.6 is 0 Å². The summed E-state index contributed by atoms with van der Waals surface area (Å²) in [6, 6.07) is 8.17. The molecule has 0 aliphatic carbocycles. The molecule has 0 radical (unpaired) electrons. The van der Waals surface area contributed by atoms with Gasteiger partial charge in [-0.2, -0.15) is 5.26 Å². The average molecular weight is 275 g/mol. The minimum atomic E-state index is -3.84. The molecule has 7 nitrogen and oxygen atoms in total. The van der Waals surface area contributed by atoms with Crippen LogP contribution in [-0.4, -0.2) is 18.4 Å². The number of rotatable bonds is 3. The second kappa shape index (κ2) is 4.91. The first-order valence-corrected chi connectivity index (χ1v) is 6.61. The van der Waals surface area contributed by atoms with Crippen molar-refractivity contribution in [1.29, 1.82) is 5.26 Å². The standard InChI is InChI=1S/C11H9N5O2S/c12-5-8-3-1-2-4-10(8)16-19(17,18)9-6-14-11(13)15-7-9/h1-4,6-7,16H,(H2,13,14,15). The van der Waals surface area contributed by atoms with Gasteiger partial charge >= 0.3 is 0 Å². The van der Waals surface area contributed by atoms with E-state index in [1.165, 1.54) is 12.1 Å². The maximum atomic E-state index is 12.0. The fourth-order valence-electron chi connectivity index (χ4n) is 1.34. The molecule has 1 aromatic heterocycles. The summed E-state index contributed by atoms with van der Waals surface area (Å²) in [7, 11) is -3.84. The summed E-state index contributed by atoms with van der Waals surface area (Å²) in [4.78, 5) is 7.09. The van der Waals surface area contributed by atoms with E-state index in [4.69, 9.17) is 11.0 Å². The highest BCUT2D eigenvalue weighted by Crippen LogP contribution is 2.18. The van der Waals surface area contributed by atoms with Crippen molar-refractivity contribution >= 4 is 21.7 Å². The summed E-state index contributed by atoms with van der Waals surface area (Å²) in [5.41, 5.74) is 5.71. The van der Waals surface area contributed by atoms with E-state index in [9.17, 15) is 8.42 Å². The van der Waals surface area contributed by atoms with Crippen LogP contribution in [0.25, 0.3) is 0 Å². The highest BCUT2D eigenvalue weighted by molar-refractivity contribution is 7.92. The van der Waals surface area contributed by atoms with Crippen molar-refractivity contribution in [3.8, 4) is 6.07 Å². The van der Waals surface area contributed by atoms with Crippen LogP contribution in [0.5, 0.6) is 0 Å². The summed E-state index contributed by atoms with van der Waals surface area (Å²) < 4.78 is 26.4. The number of sulfonamides is 1. The van der Waals surface area contributed by atoms with Gasteiger partial charge < -0.3 is 5.73 Å². The molecule has 1 heterocycles. The molecule has 96 valence electrons. The topological polar surface area (TPSA) is 122 Å². The molecule has 0 unspecified atom stereocenters. The Balaban J connectivity index is 2.37. The fourth-order valence-corrected chi connectivity index (χ4v) is 2.31. The normalized spacial score (nSPS) is 10.7. The Bertz CT molecular complexity index is 734.